The molecule has 2 heterocycles. The van der Waals surface area contributed by atoms with Crippen molar-refractivity contribution in [3.63, 3.8) is 0 Å². The van der Waals surface area contributed by atoms with Crippen molar-refractivity contribution in [3.8, 4) is 17.2 Å². The average molecular weight is 763 g/mol. The topological polar surface area (TPSA) is 125 Å². The Kier molecular flexibility index (Phi) is 8.21. The molecule has 0 spiro atoms. The molecule has 10 nitrogen and oxygen atoms in total. The molecule has 52 heavy (non-hydrogen) atoms. The number of allylic oxidation sites excluding steroid dienone is 2. The van der Waals surface area contributed by atoms with Crippen molar-refractivity contribution in [2.24, 2.45) is 23.7 Å². The number of methoxy groups -OCH3 is 2. The van der Waals surface area contributed by atoms with Gasteiger partial charge in [0.15, 0.2) is 0 Å². The number of hydrogen-bond donors (Lipinski definition) is 2. The third kappa shape index (κ3) is 4.89. The van der Waals surface area contributed by atoms with Crippen LogP contribution in [0, 0.1) is 30.6 Å². The number of fused-ring (bicyclic) bond motifs is 4. The van der Waals surface area contributed by atoms with Gasteiger partial charge >= 0.3 is 0 Å². The SMILES string of the molecule is COc1cc(O)cc(OC)c1[C@H]1C2=CC[C@@H]3C(=O)N(c4ccc(Br)cc4)C(=O)[C@@H]3[C@@H]2C[C@H]2C(=O)N(Nc3ccc(C)cc3)C(=O)[C@@]12c1ccccc1. The second-order valence-electron chi connectivity index (χ2n) is 13.8. The zero-order valence-corrected chi connectivity index (χ0v) is 30.3. The summed E-state index contributed by atoms with van der Waals surface area (Å²) in [5.41, 5.74) is 5.46. The molecule has 4 aromatic carbocycles. The second kappa shape index (κ2) is 12.7. The first kappa shape index (κ1) is 33.7. The second-order valence-corrected chi connectivity index (χ2v) is 14.8. The number of carbonyl (C=O) groups excluding carboxylic acids is 4. The number of aromatic hydroxyl groups is 1. The van der Waals surface area contributed by atoms with E-state index in [4.69, 9.17) is 9.47 Å². The Morgan fingerprint density at radius 2 is 1.48 bits per heavy atom. The van der Waals surface area contributed by atoms with Crippen LogP contribution in [0.2, 0.25) is 0 Å². The van der Waals surface area contributed by atoms with Crippen LogP contribution in [0.15, 0.2) is 107 Å². The Labute approximate surface area is 309 Å². The van der Waals surface area contributed by atoms with Crippen molar-refractivity contribution in [3.05, 3.63) is 124 Å². The predicted octanol–water partition coefficient (Wildman–Crippen LogP) is 6.67. The summed E-state index contributed by atoms with van der Waals surface area (Å²) in [6.07, 6.45) is 2.38. The molecule has 11 heteroatoms. The van der Waals surface area contributed by atoms with Gasteiger partial charge in [-0.2, -0.15) is 5.01 Å². The number of hydrazine groups is 1. The molecule has 264 valence electrons. The number of phenols is 1. The number of rotatable bonds is 7. The van der Waals surface area contributed by atoms with Gasteiger partial charge in [-0.1, -0.05) is 75.6 Å². The lowest BCUT2D eigenvalue weighted by Gasteiger charge is -2.51. The Bertz CT molecular complexity index is 2130. The number of anilines is 2. The molecule has 2 N–H and O–H groups in total. The minimum atomic E-state index is -1.53. The van der Waals surface area contributed by atoms with Gasteiger partial charge in [-0.3, -0.25) is 29.5 Å². The largest absolute Gasteiger partial charge is 0.508 e. The third-order valence-corrected chi connectivity index (χ3v) is 11.8. The van der Waals surface area contributed by atoms with Gasteiger partial charge in [-0.25, -0.2) is 0 Å². The molecule has 8 rings (SSSR count). The Morgan fingerprint density at radius 1 is 0.827 bits per heavy atom. The minimum absolute atomic E-state index is 0.106. The highest BCUT2D eigenvalue weighted by atomic mass is 79.9. The molecule has 6 atom stereocenters. The van der Waals surface area contributed by atoms with Crippen LogP contribution in [0.5, 0.6) is 17.2 Å². The molecule has 1 saturated carbocycles. The van der Waals surface area contributed by atoms with E-state index in [-0.39, 0.29) is 41.9 Å². The van der Waals surface area contributed by atoms with Crippen molar-refractivity contribution in [1.29, 1.82) is 0 Å². The van der Waals surface area contributed by atoms with Crippen molar-refractivity contribution in [2.75, 3.05) is 24.5 Å². The summed E-state index contributed by atoms with van der Waals surface area (Å²) in [5.74, 6) is -4.98. The summed E-state index contributed by atoms with van der Waals surface area (Å²) in [5, 5.41) is 11.8. The summed E-state index contributed by atoms with van der Waals surface area (Å²) in [6, 6.07) is 26.6. The molecule has 3 fully saturated rings. The molecule has 2 aliphatic carbocycles. The molecule has 4 amide bonds. The van der Waals surface area contributed by atoms with Crippen LogP contribution in [-0.2, 0) is 24.6 Å². The third-order valence-electron chi connectivity index (χ3n) is 11.3. The van der Waals surface area contributed by atoms with E-state index in [1.807, 2.05) is 67.6 Å². The first-order chi connectivity index (χ1) is 25.1. The van der Waals surface area contributed by atoms with E-state index in [2.05, 4.69) is 21.4 Å². The molecule has 4 aromatic rings. The summed E-state index contributed by atoms with van der Waals surface area (Å²) in [4.78, 5) is 60.2. The molecular formula is C41H36BrN3O7. The molecular weight excluding hydrogens is 726 g/mol. The molecule has 0 radical (unpaired) electrons. The van der Waals surface area contributed by atoms with E-state index in [1.165, 1.54) is 31.3 Å². The molecule has 4 aliphatic rings. The number of carbonyl (C=O) groups is 4. The molecule has 2 saturated heterocycles. The number of ether oxygens (including phenoxy) is 2. The lowest BCUT2D eigenvalue weighted by Crippen LogP contribution is -2.53. The number of amides is 4. The molecule has 0 bridgehead atoms. The summed E-state index contributed by atoms with van der Waals surface area (Å²) in [7, 11) is 2.94. The zero-order valence-electron chi connectivity index (χ0n) is 28.7. The summed E-state index contributed by atoms with van der Waals surface area (Å²) < 4.78 is 12.6. The van der Waals surface area contributed by atoms with Gasteiger partial charge in [-0.05, 0) is 67.6 Å². The maximum absolute atomic E-state index is 15.4. The first-order valence-corrected chi connectivity index (χ1v) is 17.9. The van der Waals surface area contributed by atoms with Gasteiger partial charge in [0.25, 0.3) is 11.8 Å². The smallest absolute Gasteiger partial charge is 0.260 e. The number of aryl methyl sites for hydroxylation is 1. The quantitative estimate of drug-likeness (QED) is 0.158. The first-order valence-electron chi connectivity index (χ1n) is 17.2. The maximum atomic E-state index is 15.4. The predicted molar refractivity (Wildman–Crippen MR) is 197 cm³/mol. The molecule has 0 unspecified atom stereocenters. The van der Waals surface area contributed by atoms with Crippen LogP contribution in [0.1, 0.15) is 35.4 Å². The Balaban J connectivity index is 1.36. The highest BCUT2D eigenvalue weighted by Gasteiger charge is 2.71. The fraction of sp³-hybridized carbons (Fsp3) is 0.268. The van der Waals surface area contributed by atoms with Crippen molar-refractivity contribution < 1.29 is 33.8 Å². The van der Waals surface area contributed by atoms with Crippen LogP contribution >= 0.6 is 15.9 Å². The van der Waals surface area contributed by atoms with E-state index in [0.29, 0.717) is 22.5 Å². The lowest BCUT2D eigenvalue weighted by atomic mass is 9.49. The lowest BCUT2D eigenvalue weighted by molar-refractivity contribution is -0.138. The van der Waals surface area contributed by atoms with Crippen LogP contribution in [0.4, 0.5) is 11.4 Å². The standard InChI is InChI=1S/C41H36BrN3O7/c1-22-9-13-25(14-10-22)43-45-38(48)31-21-30-28(17-18-29-34(30)39(49)44(37(29)47)26-15-11-24(42)12-16-26)36(35-32(51-2)19-27(46)20-33(35)52-3)41(31,40(45)50)23-7-5-4-6-8-23/h4-17,19-20,29-31,34,36,43,46H,18,21H2,1-3H3/t29-,30+,31-,34-,36+,41+/m0/s1. The van der Waals surface area contributed by atoms with E-state index in [0.717, 1.165) is 20.6 Å². The van der Waals surface area contributed by atoms with Gasteiger partial charge in [-0.15, -0.1) is 0 Å². The number of phenolic OH excluding ortho intramolecular Hbond substituents is 1. The number of halogens is 1. The van der Waals surface area contributed by atoms with Gasteiger partial charge < -0.3 is 14.6 Å². The van der Waals surface area contributed by atoms with Crippen molar-refractivity contribution in [1.82, 2.24) is 5.01 Å². The molecule has 2 aliphatic heterocycles. The van der Waals surface area contributed by atoms with Crippen LogP contribution in [-0.4, -0.2) is 48.0 Å². The zero-order chi connectivity index (χ0) is 36.5. The van der Waals surface area contributed by atoms with E-state index >= 15 is 4.79 Å². The summed E-state index contributed by atoms with van der Waals surface area (Å²) >= 11 is 3.44. The highest BCUT2D eigenvalue weighted by Crippen LogP contribution is 2.66. The van der Waals surface area contributed by atoms with Crippen LogP contribution < -0.4 is 19.8 Å². The normalized spacial score (nSPS) is 26.5. The average Bonchev–Trinajstić information content (AvgIpc) is 3.53. The Hall–Kier alpha value is -5.42. The fourth-order valence-corrected chi connectivity index (χ4v) is 9.38. The Morgan fingerprint density at radius 3 is 2.12 bits per heavy atom. The van der Waals surface area contributed by atoms with Crippen molar-refractivity contribution in [2.45, 2.75) is 31.1 Å². The highest BCUT2D eigenvalue weighted by molar-refractivity contribution is 9.10. The fourth-order valence-electron chi connectivity index (χ4n) is 9.12. The van der Waals surface area contributed by atoms with Gasteiger partial charge in [0, 0.05) is 28.1 Å². The van der Waals surface area contributed by atoms with E-state index < -0.39 is 46.8 Å². The number of nitrogens with zero attached hydrogens (tertiary/aromatic N) is 2. The summed E-state index contributed by atoms with van der Waals surface area (Å²) in [6.45, 7) is 1.95. The number of benzene rings is 4. The van der Waals surface area contributed by atoms with Gasteiger partial charge in [0.05, 0.1) is 48.8 Å². The van der Waals surface area contributed by atoms with E-state index in [1.54, 1.807) is 24.3 Å². The maximum Gasteiger partial charge on any atom is 0.260 e. The van der Waals surface area contributed by atoms with Crippen LogP contribution in [0.3, 0.4) is 0 Å². The van der Waals surface area contributed by atoms with Gasteiger partial charge in [0.1, 0.15) is 17.2 Å². The van der Waals surface area contributed by atoms with Crippen LogP contribution in [0.25, 0.3) is 0 Å². The monoisotopic (exact) mass is 761 g/mol. The minimum Gasteiger partial charge on any atom is -0.508 e. The number of nitrogens with one attached hydrogen (secondary N) is 1. The van der Waals surface area contributed by atoms with E-state index in [9.17, 15) is 19.5 Å². The number of hydrogen-bond acceptors (Lipinski definition) is 8. The van der Waals surface area contributed by atoms with Gasteiger partial charge in [0.2, 0.25) is 11.8 Å². The number of imide groups is 2. The van der Waals surface area contributed by atoms with Crippen molar-refractivity contribution >= 4 is 50.9 Å². The molecule has 0 aromatic heterocycles.